The molecule has 0 amide bonds. The smallest absolute Gasteiger partial charge is 0.154 e. The first-order valence-corrected chi connectivity index (χ1v) is 7.50. The maximum atomic E-state index is 11.7. The summed E-state index contributed by atoms with van der Waals surface area (Å²) >= 11 is 0. The van der Waals surface area contributed by atoms with Gasteiger partial charge in [0.25, 0.3) is 0 Å². The lowest BCUT2D eigenvalue weighted by Gasteiger charge is -2.37. The molecule has 0 radical (unpaired) electrons. The molecule has 2 unspecified atom stereocenters. The van der Waals surface area contributed by atoms with E-state index in [-0.39, 0.29) is 6.04 Å². The highest BCUT2D eigenvalue weighted by Crippen LogP contribution is 2.26. The Labute approximate surface area is 94.6 Å². The maximum Gasteiger partial charge on any atom is 0.154 e. The van der Waals surface area contributed by atoms with Crippen molar-refractivity contribution in [2.45, 2.75) is 51.8 Å². The molecule has 4 heteroatoms. The van der Waals surface area contributed by atoms with Gasteiger partial charge in [0.05, 0.1) is 4.75 Å². The molecule has 0 aromatic carbocycles. The minimum absolute atomic E-state index is 0.0162. The Morgan fingerprint density at radius 3 is 2.00 bits per heavy atom. The molecule has 0 aromatic heterocycles. The fraction of sp³-hybridized carbons (Fsp3) is 1.00. The van der Waals surface area contributed by atoms with Gasteiger partial charge in [0.1, 0.15) is 0 Å². The van der Waals surface area contributed by atoms with E-state index in [1.165, 1.54) is 6.26 Å². The lowest BCUT2D eigenvalue weighted by Crippen LogP contribution is -2.54. The van der Waals surface area contributed by atoms with Crippen LogP contribution in [0.5, 0.6) is 0 Å². The van der Waals surface area contributed by atoms with E-state index in [1.54, 1.807) is 0 Å². The van der Waals surface area contributed by atoms with Gasteiger partial charge in [-0.1, -0.05) is 27.2 Å². The summed E-state index contributed by atoms with van der Waals surface area (Å²) in [5, 5.41) is 3.30. The van der Waals surface area contributed by atoms with Crippen LogP contribution in [-0.4, -0.2) is 32.0 Å². The van der Waals surface area contributed by atoms with Crippen molar-refractivity contribution in [3.8, 4) is 0 Å². The van der Waals surface area contributed by atoms with E-state index in [0.29, 0.717) is 5.92 Å². The molecule has 0 aromatic rings. The molecular weight excluding hydrogens is 210 g/mol. The molecule has 0 aliphatic rings. The predicted octanol–water partition coefficient (Wildman–Crippen LogP) is 1.83. The van der Waals surface area contributed by atoms with Gasteiger partial charge in [0, 0.05) is 12.3 Å². The monoisotopic (exact) mass is 235 g/mol. The molecule has 0 aliphatic heterocycles. The van der Waals surface area contributed by atoms with Crippen LogP contribution >= 0.6 is 0 Å². The molecule has 3 nitrogen and oxygen atoms in total. The van der Waals surface area contributed by atoms with E-state index in [9.17, 15) is 8.42 Å². The van der Waals surface area contributed by atoms with Crippen molar-refractivity contribution in [3.63, 3.8) is 0 Å². The van der Waals surface area contributed by atoms with Crippen LogP contribution < -0.4 is 5.32 Å². The van der Waals surface area contributed by atoms with E-state index in [4.69, 9.17) is 0 Å². The number of hydrogen-bond donors (Lipinski definition) is 1. The zero-order chi connectivity index (χ0) is 12.3. The topological polar surface area (TPSA) is 46.2 Å². The predicted molar refractivity (Wildman–Crippen MR) is 65.8 cm³/mol. The van der Waals surface area contributed by atoms with Crippen LogP contribution in [0.3, 0.4) is 0 Å². The molecule has 0 rings (SSSR count). The van der Waals surface area contributed by atoms with Crippen molar-refractivity contribution in [3.05, 3.63) is 0 Å². The van der Waals surface area contributed by atoms with Crippen LogP contribution in [0.2, 0.25) is 0 Å². The molecular formula is C11H25NO2S. The fourth-order valence-electron chi connectivity index (χ4n) is 1.82. The number of rotatable bonds is 6. The normalized spacial score (nSPS) is 17.5. The summed E-state index contributed by atoms with van der Waals surface area (Å²) in [5.41, 5.74) is 0. The second kappa shape index (κ2) is 5.30. The van der Waals surface area contributed by atoms with E-state index >= 15 is 0 Å². The maximum absolute atomic E-state index is 11.7. The number of sulfone groups is 1. The third-order valence-electron chi connectivity index (χ3n) is 3.34. The standard InChI is InChI=1S/C11H25NO2S/c1-7-9(3)10(12-8-2)11(4,5)15(6,13)14/h9-10,12H,7-8H2,1-6H3. The first kappa shape index (κ1) is 14.9. The zero-order valence-electron chi connectivity index (χ0n) is 10.8. The highest BCUT2D eigenvalue weighted by atomic mass is 32.2. The van der Waals surface area contributed by atoms with Crippen LogP contribution in [0.25, 0.3) is 0 Å². The van der Waals surface area contributed by atoms with Crippen LogP contribution in [0.4, 0.5) is 0 Å². The summed E-state index contributed by atoms with van der Waals surface area (Å²) < 4.78 is 22.8. The van der Waals surface area contributed by atoms with Gasteiger partial charge in [-0.3, -0.25) is 0 Å². The van der Waals surface area contributed by atoms with E-state index < -0.39 is 14.6 Å². The molecule has 0 heterocycles. The lowest BCUT2D eigenvalue weighted by molar-refractivity contribution is 0.309. The SMILES string of the molecule is CCNC(C(C)CC)C(C)(C)S(C)(=O)=O. The zero-order valence-corrected chi connectivity index (χ0v) is 11.6. The third-order valence-corrected chi connectivity index (χ3v) is 5.51. The minimum atomic E-state index is -3.04. The van der Waals surface area contributed by atoms with Crippen molar-refractivity contribution >= 4 is 9.84 Å². The molecule has 92 valence electrons. The summed E-state index contributed by atoms with van der Waals surface area (Å²) in [6.45, 7) is 10.6. The highest BCUT2D eigenvalue weighted by molar-refractivity contribution is 7.92. The fourth-order valence-corrected chi connectivity index (χ4v) is 2.60. The largest absolute Gasteiger partial charge is 0.312 e. The molecule has 15 heavy (non-hydrogen) atoms. The van der Waals surface area contributed by atoms with E-state index in [1.807, 2.05) is 20.8 Å². The Balaban J connectivity index is 5.07. The molecule has 0 saturated carbocycles. The Bertz CT molecular complexity index is 283. The number of hydrogen-bond acceptors (Lipinski definition) is 3. The van der Waals surface area contributed by atoms with Crippen LogP contribution in [0.1, 0.15) is 41.0 Å². The highest BCUT2D eigenvalue weighted by Gasteiger charge is 2.40. The summed E-state index contributed by atoms with van der Waals surface area (Å²) in [6.07, 6.45) is 2.30. The summed E-state index contributed by atoms with van der Waals surface area (Å²) in [6, 6.07) is 0.0162. The van der Waals surface area contributed by atoms with Gasteiger partial charge in [-0.15, -0.1) is 0 Å². The van der Waals surface area contributed by atoms with Crippen molar-refractivity contribution < 1.29 is 8.42 Å². The molecule has 0 spiro atoms. The van der Waals surface area contributed by atoms with Gasteiger partial charge >= 0.3 is 0 Å². The van der Waals surface area contributed by atoms with E-state index in [2.05, 4.69) is 19.2 Å². The lowest BCUT2D eigenvalue weighted by atomic mass is 9.89. The Morgan fingerprint density at radius 1 is 1.27 bits per heavy atom. The number of nitrogens with one attached hydrogen (secondary N) is 1. The second-order valence-electron chi connectivity index (χ2n) is 4.80. The summed E-state index contributed by atoms with van der Waals surface area (Å²) in [4.78, 5) is 0. The first-order valence-electron chi connectivity index (χ1n) is 5.61. The summed E-state index contributed by atoms with van der Waals surface area (Å²) in [5.74, 6) is 0.356. The van der Waals surface area contributed by atoms with Crippen LogP contribution in [0, 0.1) is 5.92 Å². The molecule has 2 atom stereocenters. The molecule has 0 fully saturated rings. The van der Waals surface area contributed by atoms with Gasteiger partial charge in [-0.2, -0.15) is 0 Å². The van der Waals surface area contributed by atoms with Gasteiger partial charge in [-0.05, 0) is 26.3 Å². The Hall–Kier alpha value is -0.0900. The Kier molecular flexibility index (Phi) is 5.27. The second-order valence-corrected chi connectivity index (χ2v) is 7.39. The first-order chi connectivity index (χ1) is 6.68. The average molecular weight is 235 g/mol. The van der Waals surface area contributed by atoms with Crippen molar-refractivity contribution in [1.82, 2.24) is 5.32 Å². The molecule has 1 N–H and O–H groups in total. The van der Waals surface area contributed by atoms with Crippen molar-refractivity contribution in [1.29, 1.82) is 0 Å². The van der Waals surface area contributed by atoms with Gasteiger partial charge < -0.3 is 5.32 Å². The van der Waals surface area contributed by atoms with Gasteiger partial charge in [0.2, 0.25) is 0 Å². The van der Waals surface area contributed by atoms with Gasteiger partial charge in [0.15, 0.2) is 9.84 Å². The molecule has 0 aliphatic carbocycles. The quantitative estimate of drug-likeness (QED) is 0.764. The van der Waals surface area contributed by atoms with Crippen LogP contribution in [-0.2, 0) is 9.84 Å². The molecule has 0 saturated heterocycles. The van der Waals surface area contributed by atoms with Gasteiger partial charge in [-0.25, -0.2) is 8.42 Å². The van der Waals surface area contributed by atoms with Crippen LogP contribution in [0.15, 0.2) is 0 Å². The average Bonchev–Trinajstić information content (AvgIpc) is 2.10. The molecule has 0 bridgehead atoms. The van der Waals surface area contributed by atoms with Crippen molar-refractivity contribution in [2.75, 3.05) is 12.8 Å². The summed E-state index contributed by atoms with van der Waals surface area (Å²) in [7, 11) is -3.04. The Morgan fingerprint density at radius 2 is 1.73 bits per heavy atom. The third kappa shape index (κ3) is 3.45. The van der Waals surface area contributed by atoms with E-state index in [0.717, 1.165) is 13.0 Å². The van der Waals surface area contributed by atoms with Crippen molar-refractivity contribution in [2.24, 2.45) is 5.92 Å². The minimum Gasteiger partial charge on any atom is -0.312 e.